The minimum atomic E-state index is -0.0382. The van der Waals surface area contributed by atoms with E-state index in [9.17, 15) is 28.8 Å². The molecule has 6 unspecified atom stereocenters. The molecule has 0 amide bonds. The second-order valence-electron chi connectivity index (χ2n) is 44.1. The predicted octanol–water partition coefficient (Wildman–Crippen LogP) is 30.7. The monoisotopic (exact) mass is 2080 g/mol. The molecule has 12 aromatic rings. The third-order valence-electron chi connectivity index (χ3n) is 34.5. The Kier molecular flexibility index (Phi) is 35.7. The van der Waals surface area contributed by atoms with Gasteiger partial charge in [0.15, 0.2) is 29.4 Å². The zero-order valence-corrected chi connectivity index (χ0v) is 91.3. The highest BCUT2D eigenvalue weighted by Crippen LogP contribution is 2.52. The van der Waals surface area contributed by atoms with Gasteiger partial charge < -0.3 is 28.4 Å². The third-order valence-corrected chi connectivity index (χ3v) is 49.7. The zero-order valence-electron chi connectivity index (χ0n) is 86.4. The van der Waals surface area contributed by atoms with Crippen molar-refractivity contribution in [1.29, 1.82) is 0 Å². The lowest BCUT2D eigenvalue weighted by Crippen LogP contribution is -2.25. The molecule has 6 atom stereocenters. The van der Waals surface area contributed by atoms with Crippen molar-refractivity contribution in [3.8, 4) is 34.5 Å². The van der Waals surface area contributed by atoms with Crippen LogP contribution in [-0.2, 0) is 94.1 Å². The molecule has 0 spiro atoms. The molecule has 147 heavy (non-hydrogen) atoms. The van der Waals surface area contributed by atoms with Gasteiger partial charge in [-0.05, 0) is 319 Å². The van der Waals surface area contributed by atoms with Crippen LogP contribution in [0.3, 0.4) is 0 Å². The molecule has 4 bridgehead atoms. The molecule has 18 heteroatoms. The van der Waals surface area contributed by atoms with Gasteiger partial charge in [0.1, 0.15) is 104 Å². The summed E-state index contributed by atoms with van der Waals surface area (Å²) in [5.41, 5.74) is 0. The van der Waals surface area contributed by atoms with Gasteiger partial charge in [0.25, 0.3) is 0 Å². The molecule has 14 aliphatic rings. The van der Waals surface area contributed by atoms with Crippen molar-refractivity contribution < 1.29 is 57.2 Å². The maximum Gasteiger partial charge on any atom is 0.314 e. The number of benzene rings is 12. The Morgan fingerprint density at radius 2 is 0.340 bits per heavy atom. The van der Waals surface area contributed by atoms with Crippen LogP contribution in [0, 0.1) is 59.2 Å². The quantitative estimate of drug-likeness (QED) is 0.0455. The Morgan fingerprint density at radius 1 is 0.170 bits per heavy atom. The predicted molar refractivity (Wildman–Crippen MR) is 614 cm³/mol. The molecule has 8 saturated carbocycles. The van der Waals surface area contributed by atoms with E-state index in [1.54, 1.807) is 0 Å². The van der Waals surface area contributed by atoms with Crippen LogP contribution in [0.2, 0.25) is 0 Å². The summed E-state index contributed by atoms with van der Waals surface area (Å²) in [5.74, 6) is 23.4. The number of ether oxygens (including phenoxy) is 6. The van der Waals surface area contributed by atoms with Gasteiger partial charge in [0.05, 0.1) is 35.5 Å². The molecule has 6 saturated heterocycles. The molecule has 12 aromatic carbocycles. The lowest BCUT2D eigenvalue weighted by atomic mass is 9.89. The van der Waals surface area contributed by atoms with Crippen molar-refractivity contribution in [3.05, 3.63) is 218 Å². The zero-order chi connectivity index (χ0) is 99.7. The Bertz CT molecular complexity index is 6570. The largest absolute Gasteiger partial charge is 0.426 e. The number of rotatable bonds is 18. The summed E-state index contributed by atoms with van der Waals surface area (Å²) in [6.45, 7) is 0. The van der Waals surface area contributed by atoms with Gasteiger partial charge in [-0.1, -0.05) is 186 Å². The molecule has 6 heterocycles. The molecular formula is C129H152O12S6+6. The fourth-order valence-electron chi connectivity index (χ4n) is 26.5. The molecule has 0 aromatic heterocycles. The fraction of sp³-hybridized carbons (Fsp3) is 0.488. The van der Waals surface area contributed by atoms with Gasteiger partial charge in [-0.25, -0.2) is 0 Å². The van der Waals surface area contributed by atoms with Gasteiger partial charge in [0.2, 0.25) is 0 Å². The van der Waals surface area contributed by atoms with Crippen LogP contribution in [0.4, 0.5) is 0 Å². The summed E-state index contributed by atoms with van der Waals surface area (Å²) < 4.78 is 35.3. The fourth-order valence-corrected chi connectivity index (χ4v) is 41.5. The molecule has 26 rings (SSSR count). The van der Waals surface area contributed by atoms with Crippen molar-refractivity contribution in [1.82, 2.24) is 0 Å². The van der Waals surface area contributed by atoms with Crippen molar-refractivity contribution in [2.75, 3.05) is 69.0 Å². The first kappa shape index (κ1) is 104. The normalized spacial score (nSPS) is 22.8. The molecule has 0 N–H and O–H groups in total. The topological polar surface area (TPSA) is 158 Å². The van der Waals surface area contributed by atoms with E-state index in [1.165, 1.54) is 278 Å². The van der Waals surface area contributed by atoms with Gasteiger partial charge in [-0.2, -0.15) is 0 Å². The van der Waals surface area contributed by atoms with Crippen LogP contribution in [-0.4, -0.2) is 105 Å². The first-order valence-electron chi connectivity index (χ1n) is 56.9. The van der Waals surface area contributed by atoms with E-state index < -0.39 is 0 Å². The number of carbonyl (C=O) groups excluding carboxylic acids is 6. The Morgan fingerprint density at radius 3 is 0.524 bits per heavy atom. The second-order valence-corrected chi connectivity index (χ2v) is 57.5. The summed E-state index contributed by atoms with van der Waals surface area (Å²) in [7, 11) is 2.17. The smallest absolute Gasteiger partial charge is 0.314 e. The standard InChI is InChI=1S/C23H27O2S.C22H25O2S.C22H27O2S.2C21H25O2S.C20H23O2S/c24-23(20-15-16-8-9-17(20)14-16)25-21-10-11-22(26-12-4-1-5-13-26)19-7-3-2-6-18(19)21;23-22(19-14-15-7-8-16(19)13-15)24-20-9-10-21(25-11-3-4-12-25)18-6-2-1-5-17(18)20;23-22(17-9-3-1-4-10-17)24-20-13-14-21(25-15-7-2-8-16-25)19-12-6-5-11-18(19)20;22-21(16-8-2-3-9-16)23-19-12-13-20(24-14-6-1-7-15-24)18-11-5-4-10-17(18)19;22-21(16-8-2-1-3-9-16)23-19-12-13-20(24-14-6-7-15-24)18-11-5-4-10-17(18)19;21-20(15-7-1-2-8-15)22-18-11-12-19(23-13-5-6-14-23)17-10-4-3-9-16(17)18/h2-3,6-7,10-11,16-17,20H,1,4-5,8-9,12-15H2;1-2,5-6,9-10,15-16,19H,3-4,7-8,11-14H2;5-6,11-14,17H,1-4,7-10,15-16H2;2*4-5,10-13,16H,1-3,6-9,14-15H2;3-4,9-12,15H,1-2,5-8,13-14H2/q6*+1. The highest BCUT2D eigenvalue weighted by Gasteiger charge is 2.47. The van der Waals surface area contributed by atoms with Gasteiger partial charge in [0, 0.05) is 130 Å². The van der Waals surface area contributed by atoms with E-state index in [0.717, 1.165) is 194 Å². The number of carbonyl (C=O) groups is 6. The van der Waals surface area contributed by atoms with Crippen LogP contribution in [0.1, 0.15) is 263 Å². The van der Waals surface area contributed by atoms with Crippen molar-refractivity contribution in [2.24, 2.45) is 59.2 Å². The van der Waals surface area contributed by atoms with Crippen LogP contribution in [0.25, 0.3) is 64.6 Å². The number of fused-ring (bicyclic) bond motifs is 10. The summed E-state index contributed by atoms with van der Waals surface area (Å²) >= 11 is 0. The first-order valence-corrected chi connectivity index (χ1v) is 66.2. The first-order chi connectivity index (χ1) is 72.4. The lowest BCUT2D eigenvalue weighted by molar-refractivity contribution is -0.141. The van der Waals surface area contributed by atoms with Gasteiger partial charge in [-0.15, -0.1) is 0 Å². The minimum absolute atomic E-state index is 0.00779. The maximum atomic E-state index is 12.8. The molecular weight excluding hydrogens is 1930 g/mol. The van der Waals surface area contributed by atoms with Gasteiger partial charge in [-0.3, -0.25) is 28.8 Å². The van der Waals surface area contributed by atoms with E-state index >= 15 is 0 Å². The third kappa shape index (κ3) is 25.1. The van der Waals surface area contributed by atoms with Crippen LogP contribution >= 0.6 is 0 Å². The number of esters is 6. The highest BCUT2D eigenvalue weighted by molar-refractivity contribution is 7.98. The summed E-state index contributed by atoms with van der Waals surface area (Å²) in [6, 6.07) is 76.2. The number of hydrogen-bond donors (Lipinski definition) is 0. The van der Waals surface area contributed by atoms with E-state index in [-0.39, 0.29) is 71.3 Å². The van der Waals surface area contributed by atoms with E-state index in [2.05, 4.69) is 164 Å². The molecule has 0 radical (unpaired) electrons. The van der Waals surface area contributed by atoms with E-state index in [4.69, 9.17) is 28.4 Å². The van der Waals surface area contributed by atoms with Crippen molar-refractivity contribution in [2.45, 2.75) is 293 Å². The lowest BCUT2D eigenvalue weighted by Gasteiger charge is -2.20. The van der Waals surface area contributed by atoms with Crippen LogP contribution in [0.15, 0.2) is 248 Å². The minimum Gasteiger partial charge on any atom is -0.426 e. The second kappa shape index (κ2) is 50.6. The van der Waals surface area contributed by atoms with Crippen LogP contribution < -0.4 is 28.4 Å². The van der Waals surface area contributed by atoms with Gasteiger partial charge >= 0.3 is 35.8 Å². The van der Waals surface area contributed by atoms with Crippen molar-refractivity contribution >= 4 is 166 Å². The summed E-state index contributed by atoms with van der Waals surface area (Å²) in [4.78, 5) is 84.3. The van der Waals surface area contributed by atoms with Crippen LogP contribution in [0.5, 0.6) is 34.5 Å². The average molecular weight is 2090 g/mol. The Labute approximate surface area is 889 Å². The highest BCUT2D eigenvalue weighted by atomic mass is 32.2. The molecule has 14 fully saturated rings. The molecule has 12 nitrogen and oxygen atoms in total. The SMILES string of the molecule is O=C(Oc1ccc([S+]2CCCC2)c2ccccc12)C1CC2CCC1C2.O=C(Oc1ccc([S+]2CCCC2)c2ccccc12)C1CCCC1.O=C(Oc1ccc([S+]2CCCC2)c2ccccc12)C1CCCCC1.O=C(Oc1ccc([S+]2CCCCC2)c2ccccc12)C1CC2CCC1C2.O=C(Oc1ccc([S+]2CCCCC2)c2ccccc12)C1CCCC1.O=C(Oc1ccc([S+]2CCCCC2)c2ccccc12)C1CCCCC1. The van der Waals surface area contributed by atoms with E-state index in [1.807, 2.05) is 54.6 Å². The molecule has 770 valence electrons. The van der Waals surface area contributed by atoms with E-state index in [0.29, 0.717) is 77.2 Å². The summed E-state index contributed by atoms with van der Waals surface area (Å²) in [6.07, 6.45) is 49.5. The van der Waals surface area contributed by atoms with Crippen molar-refractivity contribution in [3.63, 3.8) is 0 Å². The number of hydrogen-bond acceptors (Lipinski definition) is 12. The Balaban J connectivity index is 0.000000104. The summed E-state index contributed by atoms with van der Waals surface area (Å²) in [5, 5.41) is 14.3. The molecule has 6 aliphatic heterocycles. The molecule has 8 aliphatic carbocycles. The maximum absolute atomic E-state index is 12.8. The Hall–Kier alpha value is -8.88. The average Bonchev–Trinajstić information content (AvgIpc) is 1.33.